The summed E-state index contributed by atoms with van der Waals surface area (Å²) in [4.78, 5) is 53.1. The second-order valence-electron chi connectivity index (χ2n) is 24.7. The molecule has 1 unspecified atom stereocenters. The van der Waals surface area contributed by atoms with E-state index in [2.05, 4.69) is 82.0 Å². The summed E-state index contributed by atoms with van der Waals surface area (Å²) < 4.78 is 34.1. The topological polar surface area (TPSA) is 235 Å². The van der Waals surface area contributed by atoms with Crippen molar-refractivity contribution >= 4 is 76.6 Å². The molecule has 1 fully saturated rings. The average Bonchev–Trinajstić information content (AvgIpc) is 0.720. The zero-order valence-electron chi connectivity index (χ0n) is 60.2. The predicted octanol–water partition coefficient (Wildman–Crippen LogP) is 15.4. The van der Waals surface area contributed by atoms with Gasteiger partial charge in [0.05, 0.1) is 46.5 Å². The molecular formula is C78H101N2O14S+3. The first kappa shape index (κ1) is 76.2. The Morgan fingerprint density at radius 2 is 1.04 bits per heavy atom. The first-order chi connectivity index (χ1) is 45.2. The predicted molar refractivity (Wildman–Crippen MR) is 387 cm³/mol. The normalized spacial score (nSPS) is 13.3. The highest BCUT2D eigenvalue weighted by atomic mass is 32.1. The molecule has 9 aromatic rings. The molecule has 6 N–H and O–H groups in total. The van der Waals surface area contributed by atoms with Gasteiger partial charge in [-0.1, -0.05) is 109 Å². The first-order valence-corrected chi connectivity index (χ1v) is 33.9. The number of carbonyl (C=O) groups excluding carboxylic acids is 2. The van der Waals surface area contributed by atoms with Crippen LogP contribution in [0.1, 0.15) is 158 Å². The average molecular weight is 1320 g/mol. The number of benzene rings is 7. The van der Waals surface area contributed by atoms with Crippen LogP contribution in [0.25, 0.3) is 42.0 Å². The van der Waals surface area contributed by atoms with Crippen LogP contribution < -0.4 is 20.5 Å². The molecule has 7 aromatic carbocycles. The van der Waals surface area contributed by atoms with Crippen LogP contribution >= 0.6 is 11.3 Å². The van der Waals surface area contributed by atoms with Crippen molar-refractivity contribution in [2.24, 2.45) is 10.8 Å². The van der Waals surface area contributed by atoms with Gasteiger partial charge in [0.2, 0.25) is 5.79 Å². The van der Waals surface area contributed by atoms with Gasteiger partial charge in [-0.05, 0) is 199 Å². The molecule has 510 valence electrons. The molecule has 0 saturated carbocycles. The van der Waals surface area contributed by atoms with E-state index in [0.717, 1.165) is 104 Å². The highest BCUT2D eigenvalue weighted by Crippen LogP contribution is 2.52. The Hall–Kier alpha value is -7.84. The van der Waals surface area contributed by atoms with E-state index in [9.17, 15) is 19.2 Å². The molecule has 16 nitrogen and oxygen atoms in total. The molecule has 0 aliphatic carbocycles. The van der Waals surface area contributed by atoms with E-state index < -0.39 is 16.6 Å². The second-order valence-corrected chi connectivity index (χ2v) is 25.8. The number of aryl methyl sites for hydroxylation is 3. The lowest BCUT2D eigenvalue weighted by atomic mass is 9.87. The van der Waals surface area contributed by atoms with Crippen LogP contribution in [0.5, 0.6) is 11.5 Å². The number of aliphatic hydroxyl groups excluding tert-OH is 4. The van der Waals surface area contributed by atoms with Gasteiger partial charge in [0.1, 0.15) is 11.5 Å². The SMILES string of the molecule is CCc1ccc2c(c1)C1(OCCCO1)c1ccccc1N2COC(=O)C(C)(C)CC.CCc1ccc2c(c1)c(=O)c1ccccc1n2COC(=O)C(C)(C)CC.CCc1ccc2sc3ccc(Oc4ccc(C(C)CC)cc4)cc3c(=O)c2c1.O.OCCCO.OCCCO.[H+].[H+].[H+]. The molecule has 2 aliphatic rings. The van der Waals surface area contributed by atoms with Gasteiger partial charge in [-0.2, -0.15) is 0 Å². The number of anilines is 2. The minimum atomic E-state index is -0.918. The number of fused-ring (bicyclic) bond motifs is 8. The van der Waals surface area contributed by atoms with E-state index in [4.69, 9.17) is 44.1 Å². The number of carbonyl (C=O) groups is 2. The maximum Gasteiger partial charge on any atom is 1.00 e. The van der Waals surface area contributed by atoms with E-state index in [0.29, 0.717) is 54.9 Å². The third kappa shape index (κ3) is 18.4. The lowest BCUT2D eigenvalue weighted by Crippen LogP contribution is -2.45. The molecule has 2 aliphatic heterocycles. The molecule has 1 saturated heterocycles. The lowest BCUT2D eigenvalue weighted by Gasteiger charge is -2.46. The van der Waals surface area contributed by atoms with Crippen LogP contribution in [0.4, 0.5) is 11.4 Å². The number of nitrogens with zero attached hydrogens (tertiary/aromatic N) is 2. The van der Waals surface area contributed by atoms with Gasteiger partial charge in [0.15, 0.2) is 24.3 Å². The number of pyridine rings is 1. The number of para-hydroxylation sites is 2. The van der Waals surface area contributed by atoms with Crippen molar-refractivity contribution in [2.75, 3.05) is 51.3 Å². The summed E-state index contributed by atoms with van der Waals surface area (Å²) in [5.74, 6) is 0.676. The maximum atomic E-state index is 13.1. The Balaban J connectivity index is 0.000000351. The zero-order chi connectivity index (χ0) is 68.2. The fourth-order valence-electron chi connectivity index (χ4n) is 10.6. The summed E-state index contributed by atoms with van der Waals surface area (Å²) in [6.07, 6.45) is 7.13. The van der Waals surface area contributed by atoms with Crippen LogP contribution in [0.2, 0.25) is 0 Å². The molecule has 2 aromatic heterocycles. The molecule has 0 radical (unpaired) electrons. The largest absolute Gasteiger partial charge is 1.00 e. The van der Waals surface area contributed by atoms with Crippen molar-refractivity contribution in [1.82, 2.24) is 4.57 Å². The Bertz CT molecular complexity index is 4100. The van der Waals surface area contributed by atoms with Crippen LogP contribution in [0, 0.1) is 10.8 Å². The molecule has 4 heterocycles. The van der Waals surface area contributed by atoms with Gasteiger partial charge in [0.25, 0.3) is 0 Å². The van der Waals surface area contributed by atoms with Gasteiger partial charge in [-0.15, -0.1) is 11.3 Å². The fourth-order valence-corrected chi connectivity index (χ4v) is 11.6. The van der Waals surface area contributed by atoms with Crippen LogP contribution in [0.15, 0.2) is 155 Å². The summed E-state index contributed by atoms with van der Waals surface area (Å²) in [7, 11) is 0. The molecule has 11 rings (SSSR count). The molecule has 95 heavy (non-hydrogen) atoms. The van der Waals surface area contributed by atoms with Gasteiger partial charge in [-0.3, -0.25) is 19.2 Å². The van der Waals surface area contributed by atoms with Gasteiger partial charge < -0.3 is 59.1 Å². The standard InChI is InChI=1S/C25H31NO4.C25H24O2S.C22H25NO3.2C3H8O2.H2O/c1-5-18-12-13-22-20(16-18)25(29-14-9-15-30-25)19-10-7-8-11-21(19)26(22)17-28-23(27)24(3,4)6-2;1-4-16(3)18-7-9-19(10-8-18)27-20-11-13-24-22(15-20)25(26)21-14-17(5-2)6-12-23(21)28-24;1-5-15-11-12-19-17(13-15)20(24)16-9-7-8-10-18(16)23(19)14-26-21(25)22(3,4)6-2;2*4-2-1-3-5;/h7-8,10-13,16H,5-6,9,14-15,17H2,1-4H3;6-16H,4-5H2,1-3H3;7-13H,5-6,14H2,1-4H3;2*4-5H,1-3H2;1H2/p+3. The maximum absolute atomic E-state index is 13.1. The van der Waals surface area contributed by atoms with Crippen LogP contribution in [0.3, 0.4) is 0 Å². The van der Waals surface area contributed by atoms with E-state index in [-0.39, 0.29) is 72.4 Å². The van der Waals surface area contributed by atoms with Crippen molar-refractivity contribution in [1.29, 1.82) is 0 Å². The Kier molecular flexibility index (Phi) is 28.7. The minimum Gasteiger partial charge on any atom is -0.457 e. The molecule has 0 bridgehead atoms. The number of esters is 2. The molecular weight excluding hydrogens is 1220 g/mol. The van der Waals surface area contributed by atoms with Crippen molar-refractivity contribution in [2.45, 2.75) is 152 Å². The number of aromatic nitrogens is 1. The number of hydrogen-bond donors (Lipinski definition) is 4. The van der Waals surface area contributed by atoms with Gasteiger partial charge in [-0.25, -0.2) is 0 Å². The third-order valence-electron chi connectivity index (χ3n) is 17.6. The summed E-state index contributed by atoms with van der Waals surface area (Å²) in [5.41, 5.74) is 9.27. The van der Waals surface area contributed by atoms with E-state index in [1.54, 1.807) is 11.3 Å². The molecule has 1 spiro atoms. The Morgan fingerprint density at radius 1 is 0.558 bits per heavy atom. The second kappa shape index (κ2) is 35.8. The lowest BCUT2D eigenvalue weighted by molar-refractivity contribution is -0.249. The van der Waals surface area contributed by atoms with Gasteiger partial charge >= 0.3 is 16.2 Å². The van der Waals surface area contributed by atoms with Crippen molar-refractivity contribution in [3.63, 3.8) is 0 Å². The molecule has 0 amide bonds. The summed E-state index contributed by atoms with van der Waals surface area (Å²) in [6, 6.07) is 48.0. The monoisotopic (exact) mass is 1320 g/mol. The summed E-state index contributed by atoms with van der Waals surface area (Å²) in [6.45, 7) is 24.2. The van der Waals surface area contributed by atoms with Crippen molar-refractivity contribution in [3.8, 4) is 11.5 Å². The fraction of sp³-hybridized carbons (Fsp3) is 0.410. The zero-order valence-corrected chi connectivity index (χ0v) is 58.0. The summed E-state index contributed by atoms with van der Waals surface area (Å²) >= 11 is 1.65. The van der Waals surface area contributed by atoms with Crippen LogP contribution in [-0.4, -0.2) is 88.8 Å². The number of rotatable bonds is 19. The highest BCUT2D eigenvalue weighted by molar-refractivity contribution is 7.24. The highest BCUT2D eigenvalue weighted by Gasteiger charge is 2.47. The van der Waals surface area contributed by atoms with E-state index >= 15 is 0 Å². The Labute approximate surface area is 567 Å². The smallest absolute Gasteiger partial charge is 0.457 e. The minimum absolute atomic E-state index is 0. The number of ether oxygens (including phenoxy) is 5. The number of hydrogen-bond acceptors (Lipinski definition) is 15. The summed E-state index contributed by atoms with van der Waals surface area (Å²) in [5, 5.41) is 34.4. The Morgan fingerprint density at radius 3 is 1.62 bits per heavy atom. The van der Waals surface area contributed by atoms with Crippen LogP contribution in [-0.2, 0) is 60.3 Å². The third-order valence-corrected chi connectivity index (χ3v) is 18.7. The quantitative estimate of drug-likeness (QED) is 0.0435. The number of aliphatic hydroxyl groups is 4. The van der Waals surface area contributed by atoms with E-state index in [1.807, 2.05) is 149 Å². The van der Waals surface area contributed by atoms with E-state index in [1.165, 1.54) is 16.7 Å². The van der Waals surface area contributed by atoms with Crippen molar-refractivity contribution < 1.29 is 63.5 Å². The first-order valence-electron chi connectivity index (χ1n) is 33.1. The van der Waals surface area contributed by atoms with Crippen molar-refractivity contribution in [3.05, 3.63) is 199 Å². The molecule has 17 heteroatoms. The van der Waals surface area contributed by atoms with Gasteiger partial charge in [0, 0.05) is 68.5 Å². The molecule has 1 atom stereocenters.